The highest BCUT2D eigenvalue weighted by Crippen LogP contribution is 2.33. The Kier molecular flexibility index (Phi) is 5.76. The van der Waals surface area contributed by atoms with Gasteiger partial charge in [-0.05, 0) is 42.5 Å². The lowest BCUT2D eigenvalue weighted by Crippen LogP contribution is -2.38. The van der Waals surface area contributed by atoms with E-state index in [1.807, 2.05) is 18.2 Å². The summed E-state index contributed by atoms with van der Waals surface area (Å²) in [6, 6.07) is 14.9. The van der Waals surface area contributed by atoms with Gasteiger partial charge in [-0.15, -0.1) is 0 Å². The van der Waals surface area contributed by atoms with Gasteiger partial charge in [0.2, 0.25) is 0 Å². The molecule has 0 aliphatic carbocycles. The predicted octanol–water partition coefficient (Wildman–Crippen LogP) is 4.13. The standard InChI is InChI=1S/C21H27NO2/c1-3-6-16-7-4-8-17(15-16)13-14-22-21-12-11-18-19(23-2)9-5-10-20(18)24-21/h4-5,7-10,15,21-22H,3,6,11-14H2,1-2H3. The second-order valence-electron chi connectivity index (χ2n) is 6.36. The molecule has 1 unspecified atom stereocenters. The van der Waals surface area contributed by atoms with Gasteiger partial charge in [0.1, 0.15) is 11.5 Å². The summed E-state index contributed by atoms with van der Waals surface area (Å²) in [6.07, 6.45) is 5.43. The Hall–Kier alpha value is -2.00. The van der Waals surface area contributed by atoms with Gasteiger partial charge in [-0.25, -0.2) is 0 Å². The van der Waals surface area contributed by atoms with E-state index in [0.29, 0.717) is 0 Å². The molecule has 0 spiro atoms. The van der Waals surface area contributed by atoms with E-state index in [-0.39, 0.29) is 6.23 Å². The average molecular weight is 325 g/mol. The fourth-order valence-corrected chi connectivity index (χ4v) is 3.33. The lowest BCUT2D eigenvalue weighted by Gasteiger charge is -2.27. The molecule has 128 valence electrons. The first kappa shape index (κ1) is 16.8. The molecule has 0 saturated carbocycles. The number of hydrogen-bond acceptors (Lipinski definition) is 3. The normalized spacial score (nSPS) is 16.3. The van der Waals surface area contributed by atoms with Crippen molar-refractivity contribution in [2.45, 2.75) is 45.3 Å². The third-order valence-corrected chi connectivity index (χ3v) is 4.55. The molecule has 0 saturated heterocycles. The molecule has 0 amide bonds. The number of ether oxygens (including phenoxy) is 2. The number of rotatable bonds is 7. The third-order valence-electron chi connectivity index (χ3n) is 4.55. The van der Waals surface area contributed by atoms with Crippen LogP contribution in [-0.4, -0.2) is 19.9 Å². The molecule has 24 heavy (non-hydrogen) atoms. The number of nitrogens with one attached hydrogen (secondary N) is 1. The van der Waals surface area contributed by atoms with Gasteiger partial charge in [-0.3, -0.25) is 5.32 Å². The van der Waals surface area contributed by atoms with E-state index in [4.69, 9.17) is 9.47 Å². The summed E-state index contributed by atoms with van der Waals surface area (Å²) in [4.78, 5) is 0. The van der Waals surface area contributed by atoms with Crippen molar-refractivity contribution in [1.29, 1.82) is 0 Å². The lowest BCUT2D eigenvalue weighted by molar-refractivity contribution is 0.137. The van der Waals surface area contributed by atoms with Crippen LogP contribution in [0.4, 0.5) is 0 Å². The maximum atomic E-state index is 6.08. The monoisotopic (exact) mass is 325 g/mol. The largest absolute Gasteiger partial charge is 0.496 e. The van der Waals surface area contributed by atoms with Gasteiger partial charge in [0.05, 0.1) is 7.11 Å². The summed E-state index contributed by atoms with van der Waals surface area (Å²) in [5, 5.41) is 3.54. The van der Waals surface area contributed by atoms with Gasteiger partial charge in [-0.1, -0.05) is 43.7 Å². The molecule has 1 N–H and O–H groups in total. The van der Waals surface area contributed by atoms with Crippen LogP contribution in [0.1, 0.15) is 36.5 Å². The van der Waals surface area contributed by atoms with Gasteiger partial charge < -0.3 is 9.47 Å². The van der Waals surface area contributed by atoms with Crippen LogP contribution in [0.25, 0.3) is 0 Å². The van der Waals surface area contributed by atoms with Crippen LogP contribution in [0.15, 0.2) is 42.5 Å². The van der Waals surface area contributed by atoms with Crippen LogP contribution < -0.4 is 14.8 Å². The van der Waals surface area contributed by atoms with Gasteiger partial charge in [-0.2, -0.15) is 0 Å². The first-order valence-electron chi connectivity index (χ1n) is 8.94. The Bertz CT molecular complexity index is 669. The maximum Gasteiger partial charge on any atom is 0.150 e. The SMILES string of the molecule is CCCc1cccc(CCNC2CCc3c(OC)cccc3O2)c1. The molecular formula is C21H27NO2. The Morgan fingerprint density at radius 1 is 1.12 bits per heavy atom. The van der Waals surface area contributed by atoms with E-state index in [1.54, 1.807) is 7.11 Å². The fraction of sp³-hybridized carbons (Fsp3) is 0.429. The molecular weight excluding hydrogens is 298 g/mol. The molecule has 0 bridgehead atoms. The van der Waals surface area contributed by atoms with Crippen molar-refractivity contribution >= 4 is 0 Å². The van der Waals surface area contributed by atoms with Crippen LogP contribution in [0.2, 0.25) is 0 Å². The van der Waals surface area contributed by atoms with E-state index < -0.39 is 0 Å². The lowest BCUT2D eigenvalue weighted by atomic mass is 10.0. The van der Waals surface area contributed by atoms with Crippen molar-refractivity contribution in [3.63, 3.8) is 0 Å². The molecule has 0 aromatic heterocycles. The highest BCUT2D eigenvalue weighted by molar-refractivity contribution is 5.46. The summed E-state index contributed by atoms with van der Waals surface area (Å²) >= 11 is 0. The number of methoxy groups -OCH3 is 1. The molecule has 3 nitrogen and oxygen atoms in total. The van der Waals surface area contributed by atoms with Gasteiger partial charge in [0.25, 0.3) is 0 Å². The predicted molar refractivity (Wildman–Crippen MR) is 97.9 cm³/mol. The third kappa shape index (κ3) is 4.09. The van der Waals surface area contributed by atoms with Crippen LogP contribution in [-0.2, 0) is 19.3 Å². The van der Waals surface area contributed by atoms with Crippen molar-refractivity contribution in [2.24, 2.45) is 0 Å². The van der Waals surface area contributed by atoms with Gasteiger partial charge >= 0.3 is 0 Å². The van der Waals surface area contributed by atoms with Crippen molar-refractivity contribution in [3.05, 3.63) is 59.2 Å². The van der Waals surface area contributed by atoms with E-state index >= 15 is 0 Å². The second-order valence-corrected chi connectivity index (χ2v) is 6.36. The second kappa shape index (κ2) is 8.20. The molecule has 1 aliphatic heterocycles. The molecule has 0 fully saturated rings. The van der Waals surface area contributed by atoms with E-state index in [0.717, 1.165) is 43.7 Å². The molecule has 1 atom stereocenters. The maximum absolute atomic E-state index is 6.08. The average Bonchev–Trinajstić information content (AvgIpc) is 2.61. The Labute approximate surface area is 145 Å². The zero-order chi connectivity index (χ0) is 16.8. The van der Waals surface area contributed by atoms with Crippen molar-refractivity contribution < 1.29 is 9.47 Å². The summed E-state index contributed by atoms with van der Waals surface area (Å²) in [6.45, 7) is 3.15. The van der Waals surface area contributed by atoms with Crippen LogP contribution in [0.5, 0.6) is 11.5 Å². The summed E-state index contributed by atoms with van der Waals surface area (Å²) < 4.78 is 11.5. The Morgan fingerprint density at radius 2 is 1.92 bits per heavy atom. The first-order valence-corrected chi connectivity index (χ1v) is 8.94. The number of aryl methyl sites for hydroxylation is 1. The highest BCUT2D eigenvalue weighted by Gasteiger charge is 2.21. The fourth-order valence-electron chi connectivity index (χ4n) is 3.33. The molecule has 2 aromatic carbocycles. The zero-order valence-corrected chi connectivity index (χ0v) is 14.7. The Morgan fingerprint density at radius 3 is 2.71 bits per heavy atom. The molecule has 1 aliphatic rings. The summed E-state index contributed by atoms with van der Waals surface area (Å²) in [7, 11) is 1.71. The number of benzene rings is 2. The molecule has 0 radical (unpaired) electrons. The van der Waals surface area contributed by atoms with Crippen molar-refractivity contribution in [2.75, 3.05) is 13.7 Å². The minimum Gasteiger partial charge on any atom is -0.496 e. The van der Waals surface area contributed by atoms with E-state index in [9.17, 15) is 0 Å². The minimum atomic E-state index is 0.0865. The van der Waals surface area contributed by atoms with Gasteiger partial charge in [0.15, 0.2) is 6.23 Å². The van der Waals surface area contributed by atoms with E-state index in [2.05, 4.69) is 36.5 Å². The first-order chi connectivity index (χ1) is 11.8. The number of hydrogen-bond donors (Lipinski definition) is 1. The molecule has 3 heteroatoms. The summed E-state index contributed by atoms with van der Waals surface area (Å²) in [5.74, 6) is 1.88. The topological polar surface area (TPSA) is 30.5 Å². The smallest absolute Gasteiger partial charge is 0.150 e. The molecule has 1 heterocycles. The number of fused-ring (bicyclic) bond motifs is 1. The molecule has 3 rings (SSSR count). The Balaban J connectivity index is 1.52. The minimum absolute atomic E-state index is 0.0865. The van der Waals surface area contributed by atoms with Crippen LogP contribution in [0, 0.1) is 0 Å². The highest BCUT2D eigenvalue weighted by atomic mass is 16.5. The quantitative estimate of drug-likeness (QED) is 0.830. The van der Waals surface area contributed by atoms with Crippen molar-refractivity contribution in [3.8, 4) is 11.5 Å². The van der Waals surface area contributed by atoms with Crippen LogP contribution in [0.3, 0.4) is 0 Å². The zero-order valence-electron chi connectivity index (χ0n) is 14.7. The van der Waals surface area contributed by atoms with Crippen LogP contribution >= 0.6 is 0 Å². The van der Waals surface area contributed by atoms with E-state index in [1.165, 1.54) is 23.1 Å². The van der Waals surface area contributed by atoms with Crippen molar-refractivity contribution in [1.82, 2.24) is 5.32 Å². The van der Waals surface area contributed by atoms with Gasteiger partial charge in [0, 0.05) is 18.5 Å². The molecule has 2 aromatic rings. The summed E-state index contributed by atoms with van der Waals surface area (Å²) in [5.41, 5.74) is 4.02.